The van der Waals surface area contributed by atoms with Crippen molar-refractivity contribution < 1.29 is 9.53 Å². The van der Waals surface area contributed by atoms with E-state index >= 15 is 0 Å². The summed E-state index contributed by atoms with van der Waals surface area (Å²) in [7, 11) is 0. The molecule has 2 amide bonds. The Kier molecular flexibility index (Phi) is 5.67. The minimum atomic E-state index is -0.165. The zero-order chi connectivity index (χ0) is 16.1. The van der Waals surface area contributed by atoms with Crippen molar-refractivity contribution in [2.45, 2.75) is 25.9 Å². The van der Waals surface area contributed by atoms with Crippen LogP contribution in [0, 0.1) is 6.92 Å². The molecule has 0 saturated carbocycles. The van der Waals surface area contributed by atoms with E-state index in [4.69, 9.17) is 4.74 Å². The molecular formula is C17H25N3O2S. The van der Waals surface area contributed by atoms with Crippen molar-refractivity contribution in [3.8, 4) is 0 Å². The maximum atomic E-state index is 12.0. The van der Waals surface area contributed by atoms with Crippen molar-refractivity contribution in [3.05, 3.63) is 23.8 Å². The molecule has 1 atom stereocenters. The summed E-state index contributed by atoms with van der Waals surface area (Å²) in [5.41, 5.74) is 3.31. The molecule has 1 aromatic carbocycles. The molecule has 3 rings (SSSR count). The van der Waals surface area contributed by atoms with Crippen molar-refractivity contribution in [1.82, 2.24) is 5.32 Å². The number of thioether (sulfide) groups is 1. The van der Waals surface area contributed by atoms with E-state index in [2.05, 4.69) is 28.5 Å². The lowest BCUT2D eigenvalue weighted by Gasteiger charge is -2.30. The van der Waals surface area contributed by atoms with Crippen LogP contribution in [0.3, 0.4) is 0 Å². The smallest absolute Gasteiger partial charge is 0.319 e. The largest absolute Gasteiger partial charge is 0.376 e. The van der Waals surface area contributed by atoms with E-state index in [1.165, 1.54) is 22.8 Å². The molecule has 5 nitrogen and oxygen atoms in total. The van der Waals surface area contributed by atoms with Crippen LogP contribution in [-0.2, 0) is 4.74 Å². The van der Waals surface area contributed by atoms with Crippen LogP contribution in [0.25, 0.3) is 0 Å². The molecule has 2 N–H and O–H groups in total. The van der Waals surface area contributed by atoms with Crippen LogP contribution in [0.5, 0.6) is 0 Å². The fourth-order valence-electron chi connectivity index (χ4n) is 3.08. The number of anilines is 2. The van der Waals surface area contributed by atoms with Crippen LogP contribution >= 0.6 is 11.8 Å². The van der Waals surface area contributed by atoms with Crippen LogP contribution in [0.4, 0.5) is 16.2 Å². The van der Waals surface area contributed by atoms with E-state index in [-0.39, 0.29) is 12.1 Å². The summed E-state index contributed by atoms with van der Waals surface area (Å²) < 4.78 is 5.51. The van der Waals surface area contributed by atoms with Gasteiger partial charge in [-0.1, -0.05) is 0 Å². The normalized spacial score (nSPS) is 21.3. The lowest BCUT2D eigenvalue weighted by molar-refractivity contribution is 0.112. The minimum Gasteiger partial charge on any atom is -0.376 e. The van der Waals surface area contributed by atoms with Crippen LogP contribution in [0.1, 0.15) is 18.4 Å². The van der Waals surface area contributed by atoms with Gasteiger partial charge in [-0.3, -0.25) is 0 Å². The highest BCUT2D eigenvalue weighted by Crippen LogP contribution is 2.26. The van der Waals surface area contributed by atoms with E-state index in [9.17, 15) is 4.79 Å². The number of hydrogen-bond acceptors (Lipinski definition) is 4. The maximum Gasteiger partial charge on any atom is 0.319 e. The number of aryl methyl sites for hydroxylation is 1. The second-order valence-electron chi connectivity index (χ2n) is 6.07. The highest BCUT2D eigenvalue weighted by molar-refractivity contribution is 7.99. The number of rotatable bonds is 4. The monoisotopic (exact) mass is 335 g/mol. The molecule has 2 aliphatic heterocycles. The number of carbonyl (C=O) groups is 1. The number of ether oxygens (including phenoxy) is 1. The summed E-state index contributed by atoms with van der Waals surface area (Å²) in [5, 5.41) is 5.79. The second kappa shape index (κ2) is 7.93. The highest BCUT2D eigenvalue weighted by atomic mass is 32.2. The first-order valence-corrected chi connectivity index (χ1v) is 9.47. The Hall–Kier alpha value is -1.40. The van der Waals surface area contributed by atoms with Gasteiger partial charge in [0.05, 0.1) is 6.10 Å². The van der Waals surface area contributed by atoms with E-state index in [1.807, 2.05) is 23.9 Å². The number of benzene rings is 1. The molecule has 2 fully saturated rings. The van der Waals surface area contributed by atoms with Crippen molar-refractivity contribution >= 4 is 29.2 Å². The van der Waals surface area contributed by atoms with Crippen LogP contribution in [0.2, 0.25) is 0 Å². The SMILES string of the molecule is Cc1cc(NC(=O)NCC2CCCO2)ccc1N1CCSCC1. The Balaban J connectivity index is 1.53. The molecule has 0 aromatic heterocycles. The number of urea groups is 1. The first-order valence-electron chi connectivity index (χ1n) is 8.32. The molecule has 1 aromatic rings. The van der Waals surface area contributed by atoms with E-state index in [1.54, 1.807) is 0 Å². The lowest BCUT2D eigenvalue weighted by atomic mass is 10.1. The molecule has 0 spiro atoms. The van der Waals surface area contributed by atoms with E-state index < -0.39 is 0 Å². The molecule has 0 radical (unpaired) electrons. The maximum absolute atomic E-state index is 12.0. The summed E-state index contributed by atoms with van der Waals surface area (Å²) in [6, 6.07) is 5.97. The molecule has 0 bridgehead atoms. The van der Waals surface area contributed by atoms with Crippen molar-refractivity contribution in [2.75, 3.05) is 48.0 Å². The second-order valence-corrected chi connectivity index (χ2v) is 7.30. The van der Waals surface area contributed by atoms with E-state index in [0.717, 1.165) is 38.2 Å². The molecule has 6 heteroatoms. The third kappa shape index (κ3) is 4.54. The Bertz CT molecular complexity index is 541. The van der Waals surface area contributed by atoms with E-state index in [0.29, 0.717) is 6.54 Å². The highest BCUT2D eigenvalue weighted by Gasteiger charge is 2.17. The number of amides is 2. The Labute approximate surface area is 142 Å². The summed E-state index contributed by atoms with van der Waals surface area (Å²) in [6.45, 7) is 5.69. The third-order valence-corrected chi connectivity index (χ3v) is 5.26. The predicted octanol–water partition coefficient (Wildman–Crippen LogP) is 2.85. The summed E-state index contributed by atoms with van der Waals surface area (Å²) in [5.74, 6) is 2.37. The molecule has 0 aliphatic carbocycles. The fraction of sp³-hybridized carbons (Fsp3) is 0.588. The average Bonchev–Trinajstić information content (AvgIpc) is 3.07. The number of carbonyl (C=O) groups excluding carboxylic acids is 1. The first-order chi connectivity index (χ1) is 11.2. The predicted molar refractivity (Wildman–Crippen MR) is 96.7 cm³/mol. The minimum absolute atomic E-state index is 0.165. The number of nitrogens with one attached hydrogen (secondary N) is 2. The summed E-state index contributed by atoms with van der Waals surface area (Å²) >= 11 is 2.01. The van der Waals surface area contributed by atoms with Gasteiger partial charge in [0.15, 0.2) is 0 Å². The van der Waals surface area contributed by atoms with Gasteiger partial charge in [-0.05, 0) is 43.5 Å². The van der Waals surface area contributed by atoms with Crippen LogP contribution < -0.4 is 15.5 Å². The Morgan fingerprint density at radius 3 is 2.91 bits per heavy atom. The first kappa shape index (κ1) is 16.5. The zero-order valence-corrected chi connectivity index (χ0v) is 14.5. The van der Waals surface area contributed by atoms with Crippen molar-refractivity contribution in [1.29, 1.82) is 0 Å². The Morgan fingerprint density at radius 1 is 1.39 bits per heavy atom. The molecule has 23 heavy (non-hydrogen) atoms. The van der Waals surface area contributed by atoms with Crippen molar-refractivity contribution in [3.63, 3.8) is 0 Å². The Morgan fingerprint density at radius 2 is 2.22 bits per heavy atom. The molecular weight excluding hydrogens is 310 g/mol. The topological polar surface area (TPSA) is 53.6 Å². The van der Waals surface area contributed by atoms with Gasteiger partial charge >= 0.3 is 6.03 Å². The van der Waals surface area contributed by atoms with Gasteiger partial charge in [-0.15, -0.1) is 0 Å². The van der Waals surface area contributed by atoms with Gasteiger partial charge in [0.1, 0.15) is 0 Å². The van der Waals surface area contributed by atoms with Gasteiger partial charge in [0, 0.05) is 49.1 Å². The molecule has 2 aliphatic rings. The van der Waals surface area contributed by atoms with Gasteiger partial charge in [-0.2, -0.15) is 11.8 Å². The quantitative estimate of drug-likeness (QED) is 0.888. The molecule has 1 unspecified atom stereocenters. The zero-order valence-electron chi connectivity index (χ0n) is 13.6. The van der Waals surface area contributed by atoms with Crippen molar-refractivity contribution in [2.24, 2.45) is 0 Å². The number of hydrogen-bond donors (Lipinski definition) is 2. The van der Waals surface area contributed by atoms with Crippen LogP contribution in [0.15, 0.2) is 18.2 Å². The standard InChI is InChI=1S/C17H25N3O2S/c1-13-11-14(4-5-16(13)20-6-9-23-10-7-20)19-17(21)18-12-15-3-2-8-22-15/h4-5,11,15H,2-3,6-10,12H2,1H3,(H2,18,19,21). The lowest BCUT2D eigenvalue weighted by Crippen LogP contribution is -2.35. The summed E-state index contributed by atoms with van der Waals surface area (Å²) in [4.78, 5) is 14.4. The van der Waals surface area contributed by atoms with Crippen LogP contribution in [-0.4, -0.2) is 49.9 Å². The van der Waals surface area contributed by atoms with Gasteiger partial charge in [0.2, 0.25) is 0 Å². The van der Waals surface area contributed by atoms with Gasteiger partial charge in [-0.25, -0.2) is 4.79 Å². The third-order valence-electron chi connectivity index (χ3n) is 4.32. The number of nitrogens with zero attached hydrogens (tertiary/aromatic N) is 1. The average molecular weight is 335 g/mol. The molecule has 126 valence electrons. The van der Waals surface area contributed by atoms with Gasteiger partial charge in [0.25, 0.3) is 0 Å². The fourth-order valence-corrected chi connectivity index (χ4v) is 3.98. The van der Waals surface area contributed by atoms with Gasteiger partial charge < -0.3 is 20.3 Å². The molecule has 2 heterocycles. The summed E-state index contributed by atoms with van der Waals surface area (Å²) in [6.07, 6.45) is 2.29. The molecule has 2 saturated heterocycles.